The molecule has 6 nitrogen and oxygen atoms in total. The van der Waals surface area contributed by atoms with Gasteiger partial charge in [0.15, 0.2) is 18.5 Å². The first-order valence-corrected chi connectivity index (χ1v) is 5.18. The molecular weight excluding hydrogens is 228 g/mol. The third-order valence-electron chi connectivity index (χ3n) is 1.90. The summed E-state index contributed by atoms with van der Waals surface area (Å²) < 4.78 is 9.13. The summed E-state index contributed by atoms with van der Waals surface area (Å²) >= 11 is 0. The number of ether oxygens (including phenoxy) is 2. The van der Waals surface area contributed by atoms with Gasteiger partial charge in [-0.25, -0.2) is 9.59 Å². The highest BCUT2D eigenvalue weighted by molar-refractivity contribution is 5.89. The second-order valence-corrected chi connectivity index (χ2v) is 4.57. The van der Waals surface area contributed by atoms with Gasteiger partial charge in [-0.05, 0) is 6.92 Å². The molecule has 0 aliphatic carbocycles. The molecule has 0 spiro atoms. The Morgan fingerprint density at radius 3 is 2.12 bits per heavy atom. The molecule has 0 aromatic carbocycles. The number of hydrogen-bond donors (Lipinski definition) is 1. The molecule has 0 heterocycles. The van der Waals surface area contributed by atoms with Crippen molar-refractivity contribution in [3.05, 3.63) is 0 Å². The number of aliphatic hydroxyl groups excluding tert-OH is 1. The average molecular weight is 246 g/mol. The summed E-state index contributed by atoms with van der Waals surface area (Å²) in [5.41, 5.74) is -0.610. The molecule has 0 rings (SSSR count). The van der Waals surface area contributed by atoms with Crippen LogP contribution in [0, 0.1) is 5.41 Å². The van der Waals surface area contributed by atoms with Crippen LogP contribution < -0.4 is 0 Å². The van der Waals surface area contributed by atoms with E-state index in [9.17, 15) is 14.4 Å². The van der Waals surface area contributed by atoms with Crippen LogP contribution in [0.4, 0.5) is 0 Å². The quantitative estimate of drug-likeness (QED) is 0.690. The van der Waals surface area contributed by atoms with Crippen molar-refractivity contribution < 1.29 is 29.0 Å². The highest BCUT2D eigenvalue weighted by Gasteiger charge is 2.29. The Kier molecular flexibility index (Phi) is 5.81. The molecule has 0 amide bonds. The van der Waals surface area contributed by atoms with Crippen molar-refractivity contribution in [2.75, 3.05) is 13.2 Å². The average Bonchev–Trinajstić information content (AvgIpc) is 2.23. The van der Waals surface area contributed by atoms with Gasteiger partial charge in [0.1, 0.15) is 6.61 Å². The van der Waals surface area contributed by atoms with Gasteiger partial charge in [-0.3, -0.25) is 4.79 Å². The molecule has 0 aromatic rings. The summed E-state index contributed by atoms with van der Waals surface area (Å²) in [4.78, 5) is 33.4. The van der Waals surface area contributed by atoms with Crippen LogP contribution in [-0.4, -0.2) is 42.1 Å². The van der Waals surface area contributed by atoms with E-state index in [1.807, 2.05) is 0 Å². The third-order valence-corrected chi connectivity index (χ3v) is 1.90. The molecule has 6 heteroatoms. The summed E-state index contributed by atoms with van der Waals surface area (Å²) in [6.45, 7) is 5.19. The standard InChI is InChI=1S/C11H18O6/c1-7(10(15)11(2,3)4)17-9(14)6-16-8(13)5-12/h7,12H,5-6H2,1-4H3. The second-order valence-electron chi connectivity index (χ2n) is 4.57. The fourth-order valence-corrected chi connectivity index (χ4v) is 1.08. The fraction of sp³-hybridized carbons (Fsp3) is 0.727. The predicted octanol–water partition coefficient (Wildman–Crippen LogP) is 0.0688. The summed E-state index contributed by atoms with van der Waals surface area (Å²) in [7, 11) is 0. The van der Waals surface area contributed by atoms with Crippen LogP contribution in [0.2, 0.25) is 0 Å². The van der Waals surface area contributed by atoms with Crippen molar-refractivity contribution in [1.29, 1.82) is 0 Å². The van der Waals surface area contributed by atoms with Gasteiger partial charge in [0.25, 0.3) is 0 Å². The molecule has 1 unspecified atom stereocenters. The minimum Gasteiger partial charge on any atom is -0.452 e. The van der Waals surface area contributed by atoms with Crippen molar-refractivity contribution in [3.8, 4) is 0 Å². The predicted molar refractivity (Wildman–Crippen MR) is 58.1 cm³/mol. The normalized spacial score (nSPS) is 12.8. The van der Waals surface area contributed by atoms with Crippen LogP contribution in [0.1, 0.15) is 27.7 Å². The number of carbonyl (C=O) groups excluding carboxylic acids is 3. The molecule has 0 fully saturated rings. The highest BCUT2D eigenvalue weighted by Crippen LogP contribution is 2.18. The Morgan fingerprint density at radius 2 is 1.71 bits per heavy atom. The summed E-state index contributed by atoms with van der Waals surface area (Å²) in [5, 5.41) is 8.34. The van der Waals surface area contributed by atoms with E-state index in [0.717, 1.165) is 0 Å². The van der Waals surface area contributed by atoms with E-state index in [1.54, 1.807) is 20.8 Å². The molecule has 0 aliphatic rings. The molecule has 0 aliphatic heterocycles. The number of aliphatic hydroxyl groups is 1. The lowest BCUT2D eigenvalue weighted by molar-refractivity contribution is -0.166. The van der Waals surface area contributed by atoms with Gasteiger partial charge >= 0.3 is 11.9 Å². The second kappa shape index (κ2) is 6.34. The van der Waals surface area contributed by atoms with Crippen molar-refractivity contribution in [3.63, 3.8) is 0 Å². The molecule has 0 saturated carbocycles. The largest absolute Gasteiger partial charge is 0.452 e. The van der Waals surface area contributed by atoms with E-state index >= 15 is 0 Å². The zero-order valence-corrected chi connectivity index (χ0v) is 10.5. The zero-order valence-electron chi connectivity index (χ0n) is 10.5. The van der Waals surface area contributed by atoms with Gasteiger partial charge in [0.2, 0.25) is 0 Å². The number of Topliss-reactive ketones (excluding diaryl/α,β-unsaturated/α-hetero) is 1. The number of esters is 2. The van der Waals surface area contributed by atoms with Crippen LogP contribution >= 0.6 is 0 Å². The molecule has 98 valence electrons. The number of carbonyl (C=O) groups is 3. The van der Waals surface area contributed by atoms with Crippen LogP contribution in [0.25, 0.3) is 0 Å². The van der Waals surface area contributed by atoms with Gasteiger partial charge in [-0.15, -0.1) is 0 Å². The summed E-state index contributed by atoms with van der Waals surface area (Å²) in [6.07, 6.45) is -0.893. The molecule has 0 radical (unpaired) electrons. The molecule has 0 bridgehead atoms. The number of ketones is 1. The number of rotatable bonds is 5. The van der Waals surface area contributed by atoms with Gasteiger partial charge in [0, 0.05) is 5.41 Å². The molecule has 17 heavy (non-hydrogen) atoms. The van der Waals surface area contributed by atoms with Crippen LogP contribution in [0.3, 0.4) is 0 Å². The van der Waals surface area contributed by atoms with Gasteiger partial charge in [-0.2, -0.15) is 0 Å². The van der Waals surface area contributed by atoms with Gasteiger partial charge in [-0.1, -0.05) is 20.8 Å². The van der Waals surface area contributed by atoms with E-state index in [0.29, 0.717) is 0 Å². The highest BCUT2D eigenvalue weighted by atomic mass is 16.6. The first kappa shape index (κ1) is 15.6. The van der Waals surface area contributed by atoms with Crippen molar-refractivity contribution >= 4 is 17.7 Å². The summed E-state index contributed by atoms with van der Waals surface area (Å²) in [6, 6.07) is 0. The zero-order chi connectivity index (χ0) is 13.6. The van der Waals surface area contributed by atoms with Crippen molar-refractivity contribution in [2.45, 2.75) is 33.8 Å². The van der Waals surface area contributed by atoms with Crippen LogP contribution in [0.5, 0.6) is 0 Å². The fourth-order valence-electron chi connectivity index (χ4n) is 1.08. The third kappa shape index (κ3) is 6.01. The van der Waals surface area contributed by atoms with E-state index in [-0.39, 0.29) is 5.78 Å². The lowest BCUT2D eigenvalue weighted by atomic mass is 9.88. The summed E-state index contributed by atoms with van der Waals surface area (Å²) in [5.74, 6) is -1.96. The minimum absolute atomic E-state index is 0.223. The monoisotopic (exact) mass is 246 g/mol. The first-order valence-electron chi connectivity index (χ1n) is 5.18. The molecular formula is C11H18O6. The molecule has 1 atom stereocenters. The minimum atomic E-state index is -0.920. The molecule has 0 saturated heterocycles. The Bertz CT molecular complexity index is 302. The Balaban J connectivity index is 4.13. The smallest absolute Gasteiger partial charge is 0.344 e. The topological polar surface area (TPSA) is 89.9 Å². The van der Waals surface area contributed by atoms with Gasteiger partial charge < -0.3 is 14.6 Å². The maximum atomic E-state index is 11.7. The lowest BCUT2D eigenvalue weighted by Gasteiger charge is -2.21. The van der Waals surface area contributed by atoms with Crippen molar-refractivity contribution in [1.82, 2.24) is 0 Å². The Morgan fingerprint density at radius 1 is 1.18 bits per heavy atom. The maximum Gasteiger partial charge on any atom is 0.344 e. The van der Waals surface area contributed by atoms with E-state index in [1.165, 1.54) is 6.92 Å². The van der Waals surface area contributed by atoms with E-state index < -0.39 is 36.7 Å². The Labute approximate surface area is 99.9 Å². The van der Waals surface area contributed by atoms with E-state index in [4.69, 9.17) is 9.84 Å². The number of hydrogen-bond acceptors (Lipinski definition) is 6. The van der Waals surface area contributed by atoms with Crippen LogP contribution in [-0.2, 0) is 23.9 Å². The van der Waals surface area contributed by atoms with Crippen LogP contribution in [0.15, 0.2) is 0 Å². The molecule has 0 aromatic heterocycles. The van der Waals surface area contributed by atoms with Crippen molar-refractivity contribution in [2.24, 2.45) is 5.41 Å². The Hall–Kier alpha value is -1.43. The lowest BCUT2D eigenvalue weighted by Crippen LogP contribution is -2.35. The van der Waals surface area contributed by atoms with E-state index in [2.05, 4.69) is 4.74 Å². The maximum absolute atomic E-state index is 11.7. The molecule has 1 N–H and O–H groups in total. The first-order chi connectivity index (χ1) is 7.68. The van der Waals surface area contributed by atoms with Gasteiger partial charge in [0.05, 0.1) is 0 Å². The SMILES string of the molecule is CC(OC(=O)COC(=O)CO)C(=O)C(C)(C)C.